The number of fused-ring (bicyclic) bond motifs is 1. The van der Waals surface area contributed by atoms with E-state index in [0.717, 1.165) is 6.07 Å². The van der Waals surface area contributed by atoms with Crippen molar-refractivity contribution in [3.8, 4) is 0 Å². The number of aromatic nitrogens is 1. The summed E-state index contributed by atoms with van der Waals surface area (Å²) in [6.07, 6.45) is -3.32. The van der Waals surface area contributed by atoms with Crippen molar-refractivity contribution in [2.24, 2.45) is 0 Å². The van der Waals surface area contributed by atoms with Crippen LogP contribution in [-0.4, -0.2) is 22.6 Å². The summed E-state index contributed by atoms with van der Waals surface area (Å²) in [7, 11) is 0. The van der Waals surface area contributed by atoms with E-state index in [1.54, 1.807) is 0 Å². The van der Waals surface area contributed by atoms with Gasteiger partial charge in [-0.25, -0.2) is 4.98 Å². The topological polar surface area (TPSA) is 62.2 Å². The number of nitrogens with one attached hydrogen (secondary N) is 1. The monoisotopic (exact) mass is 284 g/mol. The molecule has 0 aliphatic rings. The van der Waals surface area contributed by atoms with E-state index in [0.29, 0.717) is 5.39 Å². The third kappa shape index (κ3) is 2.98. The number of carboxylic acids is 1. The Bertz CT molecular complexity index is 641. The molecule has 2 aromatic rings. The third-order valence-corrected chi connectivity index (χ3v) is 2.74. The van der Waals surface area contributed by atoms with Gasteiger partial charge in [-0.2, -0.15) is 13.2 Å². The molecule has 0 bridgehead atoms. The molecule has 2 rings (SSSR count). The molecule has 1 heterocycles. The van der Waals surface area contributed by atoms with Gasteiger partial charge in [0.1, 0.15) is 5.82 Å². The third-order valence-electron chi connectivity index (χ3n) is 2.74. The fourth-order valence-electron chi connectivity index (χ4n) is 1.88. The number of pyridine rings is 1. The minimum absolute atomic E-state index is 0.0350. The molecule has 2 N–H and O–H groups in total. The van der Waals surface area contributed by atoms with Crippen LogP contribution in [0.25, 0.3) is 10.8 Å². The molecule has 0 fully saturated rings. The lowest BCUT2D eigenvalue weighted by atomic mass is 10.1. The highest BCUT2D eigenvalue weighted by atomic mass is 19.4. The van der Waals surface area contributed by atoms with Gasteiger partial charge in [0.15, 0.2) is 0 Å². The second-order valence-corrected chi connectivity index (χ2v) is 4.13. The summed E-state index contributed by atoms with van der Waals surface area (Å²) >= 11 is 0. The number of rotatable bonds is 4. The minimum Gasteiger partial charge on any atom is -0.481 e. The molecule has 0 atom stereocenters. The van der Waals surface area contributed by atoms with Gasteiger partial charge in [-0.05, 0) is 17.5 Å². The van der Waals surface area contributed by atoms with Gasteiger partial charge >= 0.3 is 12.1 Å². The van der Waals surface area contributed by atoms with Crippen LogP contribution >= 0.6 is 0 Å². The number of hydrogen-bond acceptors (Lipinski definition) is 3. The molecule has 0 spiro atoms. The molecule has 0 saturated heterocycles. The summed E-state index contributed by atoms with van der Waals surface area (Å²) in [5, 5.41) is 11.6. The lowest BCUT2D eigenvalue weighted by Gasteiger charge is -2.12. The van der Waals surface area contributed by atoms with Gasteiger partial charge in [-0.15, -0.1) is 0 Å². The van der Waals surface area contributed by atoms with Crippen LogP contribution in [-0.2, 0) is 11.0 Å². The number of carbonyl (C=O) groups is 1. The zero-order chi connectivity index (χ0) is 14.8. The number of carboxylic acid groups (broad SMARTS) is 1. The van der Waals surface area contributed by atoms with E-state index in [9.17, 15) is 18.0 Å². The van der Waals surface area contributed by atoms with Crippen molar-refractivity contribution in [2.75, 3.05) is 11.9 Å². The van der Waals surface area contributed by atoms with E-state index in [-0.39, 0.29) is 24.2 Å². The summed E-state index contributed by atoms with van der Waals surface area (Å²) in [6.45, 7) is 0.0949. The van der Waals surface area contributed by atoms with Gasteiger partial charge in [0.2, 0.25) is 0 Å². The molecule has 0 radical (unpaired) electrons. The standard InChI is InChI=1S/C13H11F3N2O2/c14-13(15,16)10-3-1-2-9-8(10)4-6-17-12(9)18-7-5-11(19)20/h1-4,6H,5,7H2,(H,17,18)(H,19,20). The lowest BCUT2D eigenvalue weighted by Crippen LogP contribution is -2.10. The van der Waals surface area contributed by atoms with Crippen LogP contribution in [0.5, 0.6) is 0 Å². The van der Waals surface area contributed by atoms with Crippen LogP contribution in [0.15, 0.2) is 30.5 Å². The van der Waals surface area contributed by atoms with E-state index in [4.69, 9.17) is 5.11 Å². The molecule has 20 heavy (non-hydrogen) atoms. The first kappa shape index (κ1) is 14.1. The van der Waals surface area contributed by atoms with Crippen molar-refractivity contribution >= 4 is 22.6 Å². The summed E-state index contributed by atoms with van der Waals surface area (Å²) in [6, 6.07) is 5.11. The number of alkyl halides is 3. The number of benzene rings is 1. The van der Waals surface area contributed by atoms with E-state index in [1.807, 2.05) is 0 Å². The zero-order valence-electron chi connectivity index (χ0n) is 10.2. The first-order valence-corrected chi connectivity index (χ1v) is 5.80. The van der Waals surface area contributed by atoms with Crippen molar-refractivity contribution in [3.05, 3.63) is 36.0 Å². The second-order valence-electron chi connectivity index (χ2n) is 4.13. The van der Waals surface area contributed by atoms with Crippen LogP contribution in [0.2, 0.25) is 0 Å². The molecule has 1 aromatic heterocycles. The van der Waals surface area contributed by atoms with Crippen molar-refractivity contribution in [1.29, 1.82) is 0 Å². The largest absolute Gasteiger partial charge is 0.481 e. The molecule has 0 unspecified atom stereocenters. The Morgan fingerprint density at radius 1 is 1.25 bits per heavy atom. The van der Waals surface area contributed by atoms with Gasteiger partial charge in [-0.3, -0.25) is 4.79 Å². The maximum Gasteiger partial charge on any atom is 0.417 e. The van der Waals surface area contributed by atoms with E-state index in [2.05, 4.69) is 10.3 Å². The smallest absolute Gasteiger partial charge is 0.417 e. The zero-order valence-corrected chi connectivity index (χ0v) is 10.2. The fourth-order valence-corrected chi connectivity index (χ4v) is 1.88. The van der Waals surface area contributed by atoms with Crippen LogP contribution in [0.1, 0.15) is 12.0 Å². The Kier molecular flexibility index (Phi) is 3.78. The Labute approximate surface area is 112 Å². The Morgan fingerprint density at radius 3 is 2.65 bits per heavy atom. The molecule has 1 aromatic carbocycles. The molecular weight excluding hydrogens is 273 g/mol. The lowest BCUT2D eigenvalue weighted by molar-refractivity contribution is -0.137. The average Bonchev–Trinajstić information content (AvgIpc) is 2.36. The second kappa shape index (κ2) is 5.36. The van der Waals surface area contributed by atoms with Crippen molar-refractivity contribution in [2.45, 2.75) is 12.6 Å². The summed E-state index contributed by atoms with van der Waals surface area (Å²) in [5.74, 6) is -0.747. The highest BCUT2D eigenvalue weighted by Gasteiger charge is 2.32. The predicted molar refractivity (Wildman–Crippen MR) is 67.5 cm³/mol. The number of aliphatic carboxylic acids is 1. The van der Waals surface area contributed by atoms with Crippen molar-refractivity contribution in [1.82, 2.24) is 4.98 Å². The maximum absolute atomic E-state index is 12.9. The number of halogens is 3. The molecule has 0 amide bonds. The Morgan fingerprint density at radius 2 is 2.00 bits per heavy atom. The Balaban J connectivity index is 2.40. The number of nitrogens with zero attached hydrogens (tertiary/aromatic N) is 1. The van der Waals surface area contributed by atoms with Crippen LogP contribution in [0.4, 0.5) is 19.0 Å². The first-order chi connectivity index (χ1) is 9.39. The molecule has 0 aliphatic heterocycles. The molecule has 0 aliphatic carbocycles. The summed E-state index contributed by atoms with van der Waals surface area (Å²) in [4.78, 5) is 14.4. The highest BCUT2D eigenvalue weighted by Crippen LogP contribution is 2.36. The van der Waals surface area contributed by atoms with Crippen LogP contribution < -0.4 is 5.32 Å². The van der Waals surface area contributed by atoms with Crippen molar-refractivity contribution < 1.29 is 23.1 Å². The maximum atomic E-state index is 12.9. The first-order valence-electron chi connectivity index (χ1n) is 5.80. The summed E-state index contributed by atoms with van der Waals surface area (Å²) < 4.78 is 38.7. The highest BCUT2D eigenvalue weighted by molar-refractivity contribution is 5.94. The Hall–Kier alpha value is -2.31. The average molecular weight is 284 g/mol. The fraction of sp³-hybridized carbons (Fsp3) is 0.231. The molecular formula is C13H11F3N2O2. The number of hydrogen-bond donors (Lipinski definition) is 2. The van der Waals surface area contributed by atoms with Gasteiger partial charge in [-0.1, -0.05) is 12.1 Å². The van der Waals surface area contributed by atoms with E-state index < -0.39 is 17.7 Å². The molecule has 4 nitrogen and oxygen atoms in total. The quantitative estimate of drug-likeness (QED) is 0.905. The van der Waals surface area contributed by atoms with Crippen molar-refractivity contribution in [3.63, 3.8) is 0 Å². The van der Waals surface area contributed by atoms with Gasteiger partial charge < -0.3 is 10.4 Å². The molecule has 7 heteroatoms. The minimum atomic E-state index is -4.45. The van der Waals surface area contributed by atoms with Crippen LogP contribution in [0.3, 0.4) is 0 Å². The molecule has 106 valence electrons. The molecule has 0 saturated carbocycles. The van der Waals surface area contributed by atoms with E-state index >= 15 is 0 Å². The predicted octanol–water partition coefficient (Wildman–Crippen LogP) is 3.14. The SMILES string of the molecule is O=C(O)CCNc1nccc2c(C(F)(F)F)cccc12. The van der Waals surface area contributed by atoms with Gasteiger partial charge in [0.05, 0.1) is 12.0 Å². The normalized spacial score (nSPS) is 11.6. The van der Waals surface area contributed by atoms with E-state index in [1.165, 1.54) is 24.4 Å². The van der Waals surface area contributed by atoms with Gasteiger partial charge in [0.25, 0.3) is 0 Å². The summed E-state index contributed by atoms with van der Waals surface area (Å²) in [5.41, 5.74) is -0.737. The van der Waals surface area contributed by atoms with Crippen LogP contribution in [0, 0.1) is 0 Å². The number of anilines is 1. The van der Waals surface area contributed by atoms with Gasteiger partial charge in [0, 0.05) is 18.1 Å².